The molecule has 18 heavy (non-hydrogen) atoms. The Morgan fingerprint density at radius 3 is 2.56 bits per heavy atom. The molecule has 0 atom stereocenters. The monoisotopic (exact) mass is 259 g/mol. The van der Waals surface area contributed by atoms with Crippen molar-refractivity contribution in [2.45, 2.75) is 19.3 Å². The highest BCUT2D eigenvalue weighted by molar-refractivity contribution is 6.17. The van der Waals surface area contributed by atoms with Crippen LogP contribution in [0.4, 0.5) is 5.69 Å². The van der Waals surface area contributed by atoms with Gasteiger partial charge < -0.3 is 4.90 Å². The first-order chi connectivity index (χ1) is 8.70. The van der Waals surface area contributed by atoms with E-state index < -0.39 is 0 Å². The van der Waals surface area contributed by atoms with E-state index in [9.17, 15) is 0 Å². The summed E-state index contributed by atoms with van der Waals surface area (Å²) in [5.41, 5.74) is 5.00. The third-order valence-corrected chi connectivity index (χ3v) is 3.34. The third-order valence-electron chi connectivity index (χ3n) is 3.05. The molecule has 0 spiro atoms. The zero-order valence-corrected chi connectivity index (χ0v) is 11.6. The van der Waals surface area contributed by atoms with Crippen LogP contribution >= 0.6 is 11.6 Å². The van der Waals surface area contributed by atoms with Gasteiger partial charge in [-0.1, -0.05) is 48.0 Å². The fourth-order valence-electron chi connectivity index (χ4n) is 2.17. The number of hydrogen-bond donors (Lipinski definition) is 0. The van der Waals surface area contributed by atoms with Gasteiger partial charge in [0.15, 0.2) is 0 Å². The van der Waals surface area contributed by atoms with E-state index in [1.54, 1.807) is 0 Å². The Morgan fingerprint density at radius 2 is 1.83 bits per heavy atom. The number of benzene rings is 2. The Balaban J connectivity index is 2.19. The summed E-state index contributed by atoms with van der Waals surface area (Å²) < 4.78 is 0. The topological polar surface area (TPSA) is 3.24 Å². The summed E-state index contributed by atoms with van der Waals surface area (Å²) in [7, 11) is 2.10. The van der Waals surface area contributed by atoms with E-state index in [0.717, 1.165) is 6.54 Å². The molecule has 1 nitrogen and oxygen atoms in total. The van der Waals surface area contributed by atoms with Crippen LogP contribution in [0.15, 0.2) is 48.5 Å². The van der Waals surface area contributed by atoms with Crippen molar-refractivity contribution in [3.8, 4) is 0 Å². The lowest BCUT2D eigenvalue weighted by atomic mass is 10.1. The second-order valence-corrected chi connectivity index (χ2v) is 4.87. The molecule has 94 valence electrons. The van der Waals surface area contributed by atoms with Gasteiger partial charge in [-0.3, -0.25) is 0 Å². The van der Waals surface area contributed by atoms with Gasteiger partial charge in [-0.05, 0) is 24.1 Å². The van der Waals surface area contributed by atoms with Crippen LogP contribution in [0.25, 0.3) is 0 Å². The highest BCUT2D eigenvalue weighted by atomic mass is 35.5. The van der Waals surface area contributed by atoms with Gasteiger partial charge in [0.25, 0.3) is 0 Å². The van der Waals surface area contributed by atoms with Crippen molar-refractivity contribution >= 4 is 17.3 Å². The van der Waals surface area contributed by atoms with Gasteiger partial charge in [0.1, 0.15) is 0 Å². The first kappa shape index (κ1) is 13.0. The van der Waals surface area contributed by atoms with E-state index in [4.69, 9.17) is 11.6 Å². The van der Waals surface area contributed by atoms with Crippen molar-refractivity contribution in [1.29, 1.82) is 0 Å². The number of anilines is 1. The smallest absolute Gasteiger partial charge is 0.0494 e. The lowest BCUT2D eigenvalue weighted by Crippen LogP contribution is -2.17. The number of alkyl halides is 1. The van der Waals surface area contributed by atoms with Crippen LogP contribution in [0.2, 0.25) is 0 Å². The maximum Gasteiger partial charge on any atom is 0.0494 e. The van der Waals surface area contributed by atoms with E-state index in [1.165, 1.54) is 22.4 Å². The average Bonchev–Trinajstić information content (AvgIpc) is 2.38. The standard InChI is InChI=1S/C16H18ClN/c1-13-6-5-7-14(10-13)12-18(2)16-9-4-3-8-15(16)11-17/h3-10H,11-12H2,1-2H3. The van der Waals surface area contributed by atoms with Crippen LogP contribution in [-0.2, 0) is 12.4 Å². The Morgan fingerprint density at radius 1 is 1.06 bits per heavy atom. The van der Waals surface area contributed by atoms with E-state index in [-0.39, 0.29) is 0 Å². The molecule has 0 heterocycles. The summed E-state index contributed by atoms with van der Waals surface area (Å²) in [5, 5.41) is 0. The van der Waals surface area contributed by atoms with E-state index in [2.05, 4.69) is 61.3 Å². The second-order valence-electron chi connectivity index (χ2n) is 4.61. The lowest BCUT2D eigenvalue weighted by Gasteiger charge is -2.22. The number of nitrogens with zero attached hydrogens (tertiary/aromatic N) is 1. The minimum Gasteiger partial charge on any atom is -0.370 e. The summed E-state index contributed by atoms with van der Waals surface area (Å²) in [5.74, 6) is 0.550. The van der Waals surface area contributed by atoms with Crippen molar-refractivity contribution in [2.24, 2.45) is 0 Å². The molecule has 0 unspecified atom stereocenters. The van der Waals surface area contributed by atoms with E-state index in [0.29, 0.717) is 5.88 Å². The Bertz CT molecular complexity index is 522. The SMILES string of the molecule is Cc1cccc(CN(C)c2ccccc2CCl)c1. The molecule has 0 aliphatic heterocycles. The van der Waals surface area contributed by atoms with Crippen molar-refractivity contribution in [2.75, 3.05) is 11.9 Å². The zero-order valence-electron chi connectivity index (χ0n) is 10.9. The molecule has 0 amide bonds. The van der Waals surface area contributed by atoms with E-state index >= 15 is 0 Å². The number of hydrogen-bond acceptors (Lipinski definition) is 1. The second kappa shape index (κ2) is 5.92. The zero-order chi connectivity index (χ0) is 13.0. The van der Waals surface area contributed by atoms with Crippen LogP contribution in [0.5, 0.6) is 0 Å². The normalized spacial score (nSPS) is 10.4. The van der Waals surface area contributed by atoms with Crippen LogP contribution in [0.3, 0.4) is 0 Å². The van der Waals surface area contributed by atoms with Crippen LogP contribution in [0.1, 0.15) is 16.7 Å². The summed E-state index contributed by atoms with van der Waals surface area (Å²) in [6.07, 6.45) is 0. The molecule has 0 saturated carbocycles. The summed E-state index contributed by atoms with van der Waals surface area (Å²) in [6, 6.07) is 16.9. The molecule has 0 bridgehead atoms. The first-order valence-electron chi connectivity index (χ1n) is 6.11. The molecule has 2 rings (SSSR count). The average molecular weight is 260 g/mol. The van der Waals surface area contributed by atoms with E-state index in [1.807, 2.05) is 6.07 Å². The fourth-order valence-corrected chi connectivity index (χ4v) is 2.39. The van der Waals surface area contributed by atoms with Gasteiger partial charge in [0.2, 0.25) is 0 Å². The van der Waals surface area contributed by atoms with Gasteiger partial charge in [0, 0.05) is 25.2 Å². The predicted molar refractivity (Wildman–Crippen MR) is 79.3 cm³/mol. The highest BCUT2D eigenvalue weighted by Gasteiger charge is 2.06. The van der Waals surface area contributed by atoms with Gasteiger partial charge in [-0.15, -0.1) is 11.6 Å². The first-order valence-corrected chi connectivity index (χ1v) is 6.64. The third kappa shape index (κ3) is 3.05. The molecule has 0 aliphatic rings. The van der Waals surface area contributed by atoms with Gasteiger partial charge in [-0.25, -0.2) is 0 Å². The summed E-state index contributed by atoms with van der Waals surface area (Å²) in [6.45, 7) is 3.02. The minimum atomic E-state index is 0.550. The quantitative estimate of drug-likeness (QED) is 0.737. The Labute approximate surface area is 114 Å². The molecular formula is C16H18ClN. The maximum absolute atomic E-state index is 5.98. The molecule has 0 aliphatic carbocycles. The number of halogens is 1. The summed E-state index contributed by atoms with van der Waals surface area (Å²) >= 11 is 5.98. The Hall–Kier alpha value is -1.47. The molecule has 2 aromatic carbocycles. The van der Waals surface area contributed by atoms with Crippen molar-refractivity contribution in [1.82, 2.24) is 0 Å². The minimum absolute atomic E-state index is 0.550. The molecule has 0 aromatic heterocycles. The van der Waals surface area contributed by atoms with Crippen molar-refractivity contribution in [3.63, 3.8) is 0 Å². The maximum atomic E-state index is 5.98. The largest absolute Gasteiger partial charge is 0.370 e. The van der Waals surface area contributed by atoms with Crippen LogP contribution < -0.4 is 4.90 Å². The number of aryl methyl sites for hydroxylation is 1. The fraction of sp³-hybridized carbons (Fsp3) is 0.250. The highest BCUT2D eigenvalue weighted by Crippen LogP contribution is 2.22. The lowest BCUT2D eigenvalue weighted by molar-refractivity contribution is 0.914. The molecule has 0 fully saturated rings. The van der Waals surface area contributed by atoms with Gasteiger partial charge >= 0.3 is 0 Å². The molecular weight excluding hydrogens is 242 g/mol. The van der Waals surface area contributed by atoms with Gasteiger partial charge in [-0.2, -0.15) is 0 Å². The molecule has 2 heteroatoms. The van der Waals surface area contributed by atoms with Crippen molar-refractivity contribution in [3.05, 3.63) is 65.2 Å². The number of rotatable bonds is 4. The van der Waals surface area contributed by atoms with Gasteiger partial charge in [0.05, 0.1) is 0 Å². The van der Waals surface area contributed by atoms with Crippen LogP contribution in [-0.4, -0.2) is 7.05 Å². The molecule has 2 aromatic rings. The number of para-hydroxylation sites is 1. The Kier molecular flexibility index (Phi) is 4.27. The predicted octanol–water partition coefficient (Wildman–Crippen LogP) is 4.37. The molecule has 0 N–H and O–H groups in total. The molecule has 0 radical (unpaired) electrons. The molecule has 0 saturated heterocycles. The van der Waals surface area contributed by atoms with Crippen molar-refractivity contribution < 1.29 is 0 Å². The van der Waals surface area contributed by atoms with Crippen LogP contribution in [0, 0.1) is 6.92 Å². The summed E-state index contributed by atoms with van der Waals surface area (Å²) in [4.78, 5) is 2.24.